The zero-order valence-corrected chi connectivity index (χ0v) is 68.0. The van der Waals surface area contributed by atoms with Crippen LogP contribution in [0.15, 0.2) is 83.5 Å². The van der Waals surface area contributed by atoms with Crippen LogP contribution >= 0.6 is 0 Å². The molecular formula is C83H103F4N15O18. The zero-order chi connectivity index (χ0) is 86.6. The number of nitrogens with one attached hydrogen (secondary N) is 7. The number of hydrogen-bond acceptors (Lipinski definition) is 19. The number of cyclic esters (lactones) is 2. The van der Waals surface area contributed by atoms with E-state index in [-0.39, 0.29) is 101 Å². The van der Waals surface area contributed by atoms with Gasteiger partial charge in [-0.15, -0.1) is 0 Å². The van der Waals surface area contributed by atoms with E-state index in [0.29, 0.717) is 62.2 Å². The number of carbonyl (C=O) groups excluding carboxylic acids is 14. The molecule has 9 aliphatic heterocycles. The number of amides is 13. The monoisotopic (exact) mass is 1670 g/mol. The van der Waals surface area contributed by atoms with Crippen LogP contribution in [0.3, 0.4) is 0 Å². The molecule has 0 radical (unpaired) electrons. The lowest BCUT2D eigenvalue weighted by atomic mass is 9.98. The Morgan fingerprint density at radius 3 is 1.41 bits per heavy atom. The van der Waals surface area contributed by atoms with E-state index in [1.54, 1.807) is 24.3 Å². The normalized spacial score (nSPS) is 28.9. The van der Waals surface area contributed by atoms with Crippen molar-refractivity contribution in [2.24, 2.45) is 23.9 Å². The average molecular weight is 1670 g/mol. The van der Waals surface area contributed by atoms with Crippen molar-refractivity contribution in [1.29, 1.82) is 0 Å². The molecule has 4 aromatic rings. The predicted molar refractivity (Wildman–Crippen MR) is 421 cm³/mol. The average Bonchev–Trinajstić information content (AvgIpc) is 1.60. The second kappa shape index (κ2) is 37.5. The Morgan fingerprint density at radius 2 is 0.967 bits per heavy atom. The first kappa shape index (κ1) is 87.9. The molecule has 37 heteroatoms. The topological polar surface area (TPSA) is 419 Å². The van der Waals surface area contributed by atoms with Crippen molar-refractivity contribution < 1.29 is 104 Å². The highest BCUT2D eigenvalue weighted by atomic mass is 19.1. The van der Waals surface area contributed by atoms with E-state index in [9.17, 15) is 94.9 Å². The number of piperidine rings is 2. The first-order chi connectivity index (χ1) is 56.9. The summed E-state index contributed by atoms with van der Waals surface area (Å²) in [7, 11) is 1.83. The standard InChI is InChI=1S/C43H52F2N8O9.C40H51F2N7O9/c1-22-13-35-42(60)62-24(3)36(41(59)53-21-30(54)19-34(53)40(58)51-11-6-5-7-32(51)38(56)46-23(2)39(57)52(35)20-22)49-37(55)31(16-25-14-27(44)17-28(45)15-25)48-43(61)47-29-9-8-26-10-12-50(4)33(26)18-29;1-20-9-27(43-17-20)15-33(51)45-29(13-24-11-25(41)14-26(42)12-24)35(52)46-34-23(4)58-40(57)32-10-21(2)18-48(32)37(54)22(3)44-36(53)30-7-5-6-8-47(30)38(55)31-16-28(50)19-49(31)39(34)56/h8-10,12,14-15,17-18,22-24,30-32,34-36,54H,5-7,11,13,16,19-21H2,1-4H3,(H,46,56)(H,49,55)(H2,47,48,61);9,11-12,14,21-23,28-32,34,50H,5-8,10,13,15-19H2,1-4H3,(H,44,53)(H,45,51)(H,46,52)/t22-,23+,24+,30-,31+,32+,34+,35+,36+;21-,22+,23+,28-,29+,30+,31+,32+,34+/m11/s1. The Hall–Kier alpha value is -11.4. The molecule has 8 saturated heterocycles. The van der Waals surface area contributed by atoms with Gasteiger partial charge in [-0.2, -0.15) is 0 Å². The van der Waals surface area contributed by atoms with Crippen LogP contribution < -0.4 is 37.2 Å². The minimum absolute atomic E-state index is 0.0125. The van der Waals surface area contributed by atoms with Gasteiger partial charge in [0.25, 0.3) is 0 Å². The Balaban J connectivity index is 0.000000221. The molecule has 0 spiro atoms. The molecule has 0 saturated carbocycles. The second-order valence-electron chi connectivity index (χ2n) is 33.2. The summed E-state index contributed by atoms with van der Waals surface area (Å²) in [6.45, 7) is 11.6. The molecule has 1 aromatic heterocycles. The number of aliphatic hydroxyl groups is 2. The molecule has 646 valence electrons. The highest BCUT2D eigenvalue weighted by Gasteiger charge is 2.52. The first-order valence-corrected chi connectivity index (χ1v) is 40.8. The summed E-state index contributed by atoms with van der Waals surface area (Å²) >= 11 is 0. The SMILES string of the molecule is CC1=CC(CC(=O)N[C@@H](Cc2cc(F)cc(F)c2)C(=O)N[C@@H]2C(=O)N3C[C@H](O)C[C@H]3C(=O)N3CCCC[C@H]3C(=O)N[C@@H](C)C(=O)N3C[C@H](C)C[C@H]3C(=O)O[C@H]2C)=NC1.C[C@@H]1C[C@H]2C(=O)O[C@@H](C)[C@H](NC(=O)[C@H](Cc3cc(F)cc(F)c3)NC(=O)Nc3ccc4ccn(C)c4c3)C(=O)N3C[C@H](O)C[C@H]3C(=O)N3CCCC[C@H]3C(=O)N[C@@H](C)C(=O)N2C1. The van der Waals surface area contributed by atoms with E-state index < -0.39 is 216 Å². The zero-order valence-electron chi connectivity index (χ0n) is 68.0. The van der Waals surface area contributed by atoms with E-state index >= 15 is 0 Å². The van der Waals surface area contributed by atoms with Gasteiger partial charge in [-0.25, -0.2) is 31.9 Å². The molecule has 9 aliphatic rings. The highest BCUT2D eigenvalue weighted by Crippen LogP contribution is 2.33. The number of halogens is 4. The van der Waals surface area contributed by atoms with Crippen LogP contribution in [-0.4, -0.2) is 276 Å². The molecule has 0 bridgehead atoms. The van der Waals surface area contributed by atoms with Gasteiger partial charge < -0.3 is 90.9 Å². The van der Waals surface area contributed by atoms with Crippen molar-refractivity contribution in [3.63, 3.8) is 0 Å². The van der Waals surface area contributed by atoms with Crippen LogP contribution in [0.4, 0.5) is 28.0 Å². The Labute approximate surface area is 689 Å². The van der Waals surface area contributed by atoms with Crippen molar-refractivity contribution in [2.75, 3.05) is 51.1 Å². The molecule has 18 atom stereocenters. The van der Waals surface area contributed by atoms with Gasteiger partial charge in [-0.1, -0.05) is 25.5 Å². The van der Waals surface area contributed by atoms with E-state index in [2.05, 4.69) is 42.2 Å². The number of allylic oxidation sites excluding steroid dienone is 1. The van der Waals surface area contributed by atoms with Gasteiger partial charge in [0.05, 0.1) is 25.2 Å². The summed E-state index contributed by atoms with van der Waals surface area (Å²) in [5.74, 6) is -13.7. The second-order valence-corrected chi connectivity index (χ2v) is 33.2. The lowest BCUT2D eigenvalue weighted by molar-refractivity contribution is -0.163. The molecular weight excluding hydrogens is 1570 g/mol. The Kier molecular flexibility index (Phi) is 27.5. The van der Waals surface area contributed by atoms with Gasteiger partial charge >= 0.3 is 18.0 Å². The van der Waals surface area contributed by atoms with Crippen LogP contribution in [0.5, 0.6) is 0 Å². The predicted octanol–water partition coefficient (Wildman–Crippen LogP) is 2.00. The highest BCUT2D eigenvalue weighted by molar-refractivity contribution is 6.09. The number of ether oxygens (including phenoxy) is 2. The van der Waals surface area contributed by atoms with Gasteiger partial charge in [0, 0.05) is 107 Å². The maximum absolute atomic E-state index is 14.8. The van der Waals surface area contributed by atoms with Crippen molar-refractivity contribution in [3.8, 4) is 0 Å². The summed E-state index contributed by atoms with van der Waals surface area (Å²) in [5, 5.41) is 41.1. The third-order valence-electron chi connectivity index (χ3n) is 23.6. The molecule has 8 fully saturated rings. The minimum Gasteiger partial charge on any atom is -0.458 e. The lowest BCUT2D eigenvalue weighted by Crippen LogP contribution is -2.63. The quantitative estimate of drug-likeness (QED) is 0.0683. The number of aromatic nitrogens is 1. The van der Waals surface area contributed by atoms with Crippen LogP contribution in [0.2, 0.25) is 0 Å². The fourth-order valence-corrected chi connectivity index (χ4v) is 17.6. The molecule has 13 rings (SSSR count). The molecule has 0 unspecified atom stereocenters. The number of esters is 2. The number of carbonyl (C=O) groups is 14. The number of aryl methyl sites for hydroxylation is 1. The molecule has 9 N–H and O–H groups in total. The Morgan fingerprint density at radius 1 is 0.525 bits per heavy atom. The number of benzene rings is 3. The number of urea groups is 1. The Bertz CT molecular complexity index is 4720. The maximum atomic E-state index is 14.8. The van der Waals surface area contributed by atoms with Crippen molar-refractivity contribution >= 4 is 105 Å². The third kappa shape index (κ3) is 20.4. The lowest BCUT2D eigenvalue weighted by Gasteiger charge is -2.39. The summed E-state index contributed by atoms with van der Waals surface area (Å²) in [6, 6.07) is -4.01. The van der Waals surface area contributed by atoms with Crippen LogP contribution in [0.25, 0.3) is 10.9 Å². The van der Waals surface area contributed by atoms with E-state index in [4.69, 9.17) is 9.47 Å². The third-order valence-corrected chi connectivity index (χ3v) is 23.6. The minimum atomic E-state index is -1.75. The number of hydrogen-bond donors (Lipinski definition) is 9. The van der Waals surface area contributed by atoms with Crippen LogP contribution in [-0.2, 0) is 91.7 Å². The molecule has 33 nitrogen and oxygen atoms in total. The number of fused-ring (bicyclic) bond motifs is 7. The van der Waals surface area contributed by atoms with Crippen molar-refractivity contribution in [2.45, 2.75) is 229 Å². The molecule has 0 aliphatic carbocycles. The van der Waals surface area contributed by atoms with Gasteiger partial charge in [-0.3, -0.25) is 57.7 Å². The maximum Gasteiger partial charge on any atom is 0.329 e. The van der Waals surface area contributed by atoms with Crippen molar-refractivity contribution in [1.82, 2.24) is 65.9 Å². The number of nitrogens with zero attached hydrogens (tertiary/aromatic N) is 8. The summed E-state index contributed by atoms with van der Waals surface area (Å²) < 4.78 is 71.1. The van der Waals surface area contributed by atoms with Crippen LogP contribution in [0, 0.1) is 35.1 Å². The molecule has 120 heavy (non-hydrogen) atoms. The summed E-state index contributed by atoms with van der Waals surface area (Å²) in [6.07, 6.45) is 0.196. The summed E-state index contributed by atoms with van der Waals surface area (Å²) in [5.41, 5.74) is 2.54. The number of anilines is 1. The fraction of sp³-hybridized carbons (Fsp3) is 0.554. The first-order valence-electron chi connectivity index (χ1n) is 40.8. The fourth-order valence-electron chi connectivity index (χ4n) is 17.6. The van der Waals surface area contributed by atoms with E-state index in [1.165, 1.54) is 47.3 Å². The van der Waals surface area contributed by atoms with Gasteiger partial charge in [0.15, 0.2) is 0 Å². The number of aliphatic imine (C=N–C) groups is 1. The largest absolute Gasteiger partial charge is 0.458 e. The number of rotatable bonds is 13. The van der Waals surface area contributed by atoms with E-state index in [0.717, 1.165) is 50.5 Å². The molecule has 10 heterocycles. The van der Waals surface area contributed by atoms with Crippen molar-refractivity contribution in [3.05, 3.63) is 113 Å². The van der Waals surface area contributed by atoms with E-state index in [1.807, 2.05) is 44.6 Å². The summed E-state index contributed by atoms with van der Waals surface area (Å²) in [4.78, 5) is 209. The number of aliphatic hydroxyl groups excluding tert-OH is 2. The van der Waals surface area contributed by atoms with Crippen LogP contribution in [0.1, 0.15) is 130 Å². The molecule has 3 aromatic carbocycles. The van der Waals surface area contributed by atoms with Gasteiger partial charge in [0.2, 0.25) is 65.0 Å². The van der Waals surface area contributed by atoms with Gasteiger partial charge in [0.1, 0.15) is 108 Å². The smallest absolute Gasteiger partial charge is 0.329 e. The molecule has 13 amide bonds. The van der Waals surface area contributed by atoms with Gasteiger partial charge in [-0.05, 0) is 163 Å².